The third-order valence-electron chi connectivity index (χ3n) is 4.19. The number of likely N-dealkylation sites (tertiary alicyclic amines) is 1. The molecule has 0 saturated carbocycles. The van der Waals surface area contributed by atoms with Crippen molar-refractivity contribution >= 4 is 12.4 Å². The molecule has 3 heteroatoms. The fourth-order valence-electron chi connectivity index (χ4n) is 3.34. The van der Waals surface area contributed by atoms with Crippen LogP contribution in [0.15, 0.2) is 0 Å². The molecule has 2 rings (SSSR count). The SMILES string of the molecule is CC(C)CC1CCCN1CC1CCNCC1.Cl. The maximum Gasteiger partial charge on any atom is 0.00982 e. The Morgan fingerprint density at radius 3 is 2.53 bits per heavy atom. The normalized spacial score (nSPS) is 27.4. The van der Waals surface area contributed by atoms with Gasteiger partial charge in [0.15, 0.2) is 0 Å². The molecule has 1 atom stereocenters. The Hall–Kier alpha value is 0.210. The fraction of sp³-hybridized carbons (Fsp3) is 1.00. The van der Waals surface area contributed by atoms with Crippen molar-refractivity contribution in [2.24, 2.45) is 11.8 Å². The van der Waals surface area contributed by atoms with E-state index < -0.39 is 0 Å². The van der Waals surface area contributed by atoms with Crippen molar-refractivity contribution in [3.8, 4) is 0 Å². The second-order valence-corrected chi connectivity index (χ2v) is 6.11. The lowest BCUT2D eigenvalue weighted by molar-refractivity contribution is 0.176. The zero-order chi connectivity index (χ0) is 11.4. The van der Waals surface area contributed by atoms with E-state index in [0.29, 0.717) is 0 Å². The number of piperidine rings is 1. The van der Waals surface area contributed by atoms with Crippen LogP contribution in [0.4, 0.5) is 0 Å². The van der Waals surface area contributed by atoms with E-state index in [1.165, 1.54) is 58.3 Å². The number of nitrogens with zero attached hydrogens (tertiary/aromatic N) is 1. The summed E-state index contributed by atoms with van der Waals surface area (Å²) >= 11 is 0. The highest BCUT2D eigenvalue weighted by atomic mass is 35.5. The van der Waals surface area contributed by atoms with E-state index in [1.807, 2.05) is 0 Å². The maximum absolute atomic E-state index is 3.46. The van der Waals surface area contributed by atoms with Gasteiger partial charge in [0.25, 0.3) is 0 Å². The molecule has 0 bridgehead atoms. The number of halogens is 1. The van der Waals surface area contributed by atoms with E-state index in [-0.39, 0.29) is 12.4 Å². The predicted octanol–water partition coefficient (Wildman–Crippen LogP) is 2.92. The highest BCUT2D eigenvalue weighted by Crippen LogP contribution is 2.26. The molecule has 17 heavy (non-hydrogen) atoms. The largest absolute Gasteiger partial charge is 0.317 e. The molecular formula is C14H29ClN2. The van der Waals surface area contributed by atoms with E-state index in [1.54, 1.807) is 0 Å². The predicted molar refractivity (Wildman–Crippen MR) is 76.9 cm³/mol. The van der Waals surface area contributed by atoms with Gasteiger partial charge in [-0.15, -0.1) is 12.4 Å². The van der Waals surface area contributed by atoms with Crippen molar-refractivity contribution in [1.29, 1.82) is 0 Å². The van der Waals surface area contributed by atoms with Gasteiger partial charge in [-0.1, -0.05) is 13.8 Å². The molecule has 2 aliphatic heterocycles. The highest BCUT2D eigenvalue weighted by Gasteiger charge is 2.27. The van der Waals surface area contributed by atoms with Crippen LogP contribution in [0.5, 0.6) is 0 Å². The second kappa shape index (κ2) is 7.60. The van der Waals surface area contributed by atoms with Crippen LogP contribution < -0.4 is 5.32 Å². The van der Waals surface area contributed by atoms with E-state index in [4.69, 9.17) is 0 Å². The number of hydrogen-bond donors (Lipinski definition) is 1. The van der Waals surface area contributed by atoms with Crippen molar-refractivity contribution in [3.63, 3.8) is 0 Å². The molecule has 1 unspecified atom stereocenters. The molecule has 2 nitrogen and oxygen atoms in total. The van der Waals surface area contributed by atoms with Gasteiger partial charge in [-0.3, -0.25) is 0 Å². The van der Waals surface area contributed by atoms with Gasteiger partial charge in [0, 0.05) is 12.6 Å². The maximum atomic E-state index is 3.46. The Bertz CT molecular complexity index is 202. The van der Waals surface area contributed by atoms with E-state index in [0.717, 1.165) is 17.9 Å². The Labute approximate surface area is 113 Å². The first-order chi connectivity index (χ1) is 7.75. The minimum Gasteiger partial charge on any atom is -0.317 e. The van der Waals surface area contributed by atoms with Crippen LogP contribution in [-0.4, -0.2) is 37.1 Å². The summed E-state index contributed by atoms with van der Waals surface area (Å²) in [6, 6.07) is 0.898. The molecule has 0 amide bonds. The molecule has 2 saturated heterocycles. The molecule has 0 aromatic heterocycles. The lowest BCUT2D eigenvalue weighted by Gasteiger charge is -2.31. The molecule has 0 radical (unpaired) electrons. The van der Waals surface area contributed by atoms with Crippen LogP contribution in [0, 0.1) is 11.8 Å². The monoisotopic (exact) mass is 260 g/mol. The summed E-state index contributed by atoms with van der Waals surface area (Å²) < 4.78 is 0. The molecule has 0 spiro atoms. The molecule has 1 N–H and O–H groups in total. The van der Waals surface area contributed by atoms with Gasteiger partial charge in [-0.25, -0.2) is 0 Å². The van der Waals surface area contributed by atoms with Crippen LogP contribution in [-0.2, 0) is 0 Å². The summed E-state index contributed by atoms with van der Waals surface area (Å²) in [5, 5.41) is 3.46. The highest BCUT2D eigenvalue weighted by molar-refractivity contribution is 5.85. The third-order valence-corrected chi connectivity index (χ3v) is 4.19. The Morgan fingerprint density at radius 1 is 1.18 bits per heavy atom. The van der Waals surface area contributed by atoms with Gasteiger partial charge < -0.3 is 10.2 Å². The lowest BCUT2D eigenvalue weighted by atomic mass is 9.96. The van der Waals surface area contributed by atoms with Crippen molar-refractivity contribution < 1.29 is 0 Å². The lowest BCUT2D eigenvalue weighted by Crippen LogP contribution is -2.38. The minimum atomic E-state index is 0. The molecule has 2 aliphatic rings. The molecule has 0 aliphatic carbocycles. The quantitative estimate of drug-likeness (QED) is 0.836. The summed E-state index contributed by atoms with van der Waals surface area (Å²) in [4.78, 5) is 2.79. The fourth-order valence-corrected chi connectivity index (χ4v) is 3.34. The van der Waals surface area contributed by atoms with E-state index >= 15 is 0 Å². The first-order valence-electron chi connectivity index (χ1n) is 7.20. The van der Waals surface area contributed by atoms with Crippen LogP contribution in [0.1, 0.15) is 46.0 Å². The average molecular weight is 261 g/mol. The van der Waals surface area contributed by atoms with Crippen LogP contribution in [0.25, 0.3) is 0 Å². The van der Waals surface area contributed by atoms with Crippen LogP contribution >= 0.6 is 12.4 Å². The standard InChI is InChI=1S/C14H28N2.ClH/c1-12(2)10-14-4-3-9-16(14)11-13-5-7-15-8-6-13;/h12-15H,3-11H2,1-2H3;1H. The summed E-state index contributed by atoms with van der Waals surface area (Å²) in [6.45, 7) is 9.95. The average Bonchev–Trinajstić information content (AvgIpc) is 2.66. The number of rotatable bonds is 4. The molecule has 102 valence electrons. The van der Waals surface area contributed by atoms with Crippen molar-refractivity contribution in [2.75, 3.05) is 26.2 Å². The molecular weight excluding hydrogens is 232 g/mol. The van der Waals surface area contributed by atoms with Gasteiger partial charge in [-0.05, 0) is 63.6 Å². The molecule has 2 heterocycles. The van der Waals surface area contributed by atoms with Crippen LogP contribution in [0.2, 0.25) is 0 Å². The number of hydrogen-bond acceptors (Lipinski definition) is 2. The molecule has 0 aromatic rings. The second-order valence-electron chi connectivity index (χ2n) is 6.11. The number of nitrogens with one attached hydrogen (secondary N) is 1. The van der Waals surface area contributed by atoms with Crippen molar-refractivity contribution in [1.82, 2.24) is 10.2 Å². The molecule has 0 aromatic carbocycles. The van der Waals surface area contributed by atoms with Crippen molar-refractivity contribution in [3.05, 3.63) is 0 Å². The van der Waals surface area contributed by atoms with Crippen molar-refractivity contribution in [2.45, 2.75) is 52.0 Å². The van der Waals surface area contributed by atoms with Gasteiger partial charge in [0.1, 0.15) is 0 Å². The van der Waals surface area contributed by atoms with Crippen LogP contribution in [0.3, 0.4) is 0 Å². The van der Waals surface area contributed by atoms with Gasteiger partial charge in [0.2, 0.25) is 0 Å². The Morgan fingerprint density at radius 2 is 1.88 bits per heavy atom. The van der Waals surface area contributed by atoms with E-state index in [9.17, 15) is 0 Å². The third kappa shape index (κ3) is 4.76. The Balaban J connectivity index is 0.00000144. The topological polar surface area (TPSA) is 15.3 Å². The summed E-state index contributed by atoms with van der Waals surface area (Å²) in [6.07, 6.45) is 7.08. The molecule has 2 fully saturated rings. The summed E-state index contributed by atoms with van der Waals surface area (Å²) in [5.41, 5.74) is 0. The zero-order valence-corrected chi connectivity index (χ0v) is 12.3. The van der Waals surface area contributed by atoms with Gasteiger partial charge in [-0.2, -0.15) is 0 Å². The smallest absolute Gasteiger partial charge is 0.00982 e. The summed E-state index contributed by atoms with van der Waals surface area (Å²) in [7, 11) is 0. The minimum absolute atomic E-state index is 0. The van der Waals surface area contributed by atoms with E-state index in [2.05, 4.69) is 24.1 Å². The summed E-state index contributed by atoms with van der Waals surface area (Å²) in [5.74, 6) is 1.83. The first kappa shape index (κ1) is 15.3. The van der Waals surface area contributed by atoms with Gasteiger partial charge >= 0.3 is 0 Å². The Kier molecular flexibility index (Phi) is 6.83. The van der Waals surface area contributed by atoms with Gasteiger partial charge in [0.05, 0.1) is 0 Å². The zero-order valence-electron chi connectivity index (χ0n) is 11.5. The first-order valence-corrected chi connectivity index (χ1v) is 7.20.